The number of fused-ring (bicyclic) bond motifs is 4. The number of benzene rings is 3. The van der Waals surface area contributed by atoms with Crippen LogP contribution in [0.1, 0.15) is 61.0 Å². The molecule has 1 aliphatic carbocycles. The normalized spacial score (nSPS) is 13.9. The number of rotatable bonds is 6. The van der Waals surface area contributed by atoms with Crippen LogP contribution >= 0.6 is 11.7 Å². The highest BCUT2D eigenvalue weighted by molar-refractivity contribution is 7.00. The molecular weight excluding hydrogens is 388 g/mol. The zero-order valence-corrected chi connectivity index (χ0v) is 18.1. The number of carbonyl (C=O) groups is 1. The van der Waals surface area contributed by atoms with Crippen molar-refractivity contribution >= 4 is 29.0 Å². The van der Waals surface area contributed by atoms with Crippen LogP contribution in [-0.2, 0) is 5.41 Å². The van der Waals surface area contributed by atoms with Gasteiger partial charge in [-0.3, -0.25) is 4.79 Å². The maximum absolute atomic E-state index is 11.4. The van der Waals surface area contributed by atoms with Crippen LogP contribution in [0, 0.1) is 0 Å². The van der Waals surface area contributed by atoms with Crippen molar-refractivity contribution in [2.24, 2.45) is 0 Å². The van der Waals surface area contributed by atoms with E-state index in [0.29, 0.717) is 11.1 Å². The van der Waals surface area contributed by atoms with Crippen molar-refractivity contribution in [3.05, 3.63) is 71.3 Å². The van der Waals surface area contributed by atoms with Crippen LogP contribution in [0.2, 0.25) is 0 Å². The summed E-state index contributed by atoms with van der Waals surface area (Å²) in [6.45, 7) is 4.56. The van der Waals surface area contributed by atoms with E-state index in [1.807, 2.05) is 12.1 Å². The molecule has 150 valence electrons. The molecule has 3 nitrogen and oxygen atoms in total. The van der Waals surface area contributed by atoms with Crippen molar-refractivity contribution in [3.63, 3.8) is 0 Å². The minimum absolute atomic E-state index is 0.0631. The first-order chi connectivity index (χ1) is 14.7. The maximum Gasteiger partial charge on any atom is 0.152 e. The van der Waals surface area contributed by atoms with E-state index >= 15 is 0 Å². The summed E-state index contributed by atoms with van der Waals surface area (Å²) in [4.78, 5) is 11.4. The van der Waals surface area contributed by atoms with Crippen LogP contribution < -0.4 is 0 Å². The Balaban J connectivity index is 1.75. The number of hydrogen-bond acceptors (Lipinski definition) is 4. The quantitative estimate of drug-likeness (QED) is 0.319. The van der Waals surface area contributed by atoms with Crippen molar-refractivity contribution in [3.8, 4) is 22.3 Å². The molecule has 3 aromatic carbocycles. The highest BCUT2D eigenvalue weighted by atomic mass is 32.1. The van der Waals surface area contributed by atoms with Gasteiger partial charge in [-0.05, 0) is 52.8 Å². The van der Waals surface area contributed by atoms with Gasteiger partial charge in [0, 0.05) is 16.5 Å². The van der Waals surface area contributed by atoms with Crippen LogP contribution in [0.25, 0.3) is 33.3 Å². The van der Waals surface area contributed by atoms with Crippen LogP contribution in [0.4, 0.5) is 0 Å². The SMILES string of the molecule is CCCC1(CCC)c2ccccc2-c2ccc(-c3ccc(C=O)c4nsnc34)cc21. The maximum atomic E-state index is 11.4. The van der Waals surface area contributed by atoms with Gasteiger partial charge in [-0.1, -0.05) is 69.2 Å². The van der Waals surface area contributed by atoms with Crippen LogP contribution in [0.5, 0.6) is 0 Å². The fourth-order valence-corrected chi connectivity index (χ4v) is 5.93. The van der Waals surface area contributed by atoms with E-state index < -0.39 is 0 Å². The van der Waals surface area contributed by atoms with Crippen LogP contribution in [0.15, 0.2) is 54.6 Å². The minimum atomic E-state index is 0.0631. The van der Waals surface area contributed by atoms with Crippen molar-refractivity contribution in [1.29, 1.82) is 0 Å². The molecule has 0 unspecified atom stereocenters. The molecule has 0 aliphatic heterocycles. The second-order valence-electron chi connectivity index (χ2n) is 8.17. The number of carbonyl (C=O) groups excluding carboxylic acids is 1. The molecule has 0 fully saturated rings. The van der Waals surface area contributed by atoms with Gasteiger partial charge in [0.2, 0.25) is 0 Å². The summed E-state index contributed by atoms with van der Waals surface area (Å²) in [5, 5.41) is 0. The lowest BCUT2D eigenvalue weighted by molar-refractivity contribution is 0.112. The molecule has 0 radical (unpaired) electrons. The summed E-state index contributed by atoms with van der Waals surface area (Å²) >= 11 is 1.16. The summed E-state index contributed by atoms with van der Waals surface area (Å²) in [5.74, 6) is 0. The van der Waals surface area contributed by atoms with Crippen LogP contribution in [0.3, 0.4) is 0 Å². The molecule has 1 heterocycles. The van der Waals surface area contributed by atoms with Crippen molar-refractivity contribution < 1.29 is 4.79 Å². The Hall–Kier alpha value is -2.85. The van der Waals surface area contributed by atoms with Gasteiger partial charge in [0.15, 0.2) is 6.29 Å². The fraction of sp³-hybridized carbons (Fsp3) is 0.269. The molecule has 0 N–H and O–H groups in total. The van der Waals surface area contributed by atoms with E-state index in [1.54, 1.807) is 0 Å². The summed E-state index contributed by atoms with van der Waals surface area (Å²) < 4.78 is 8.88. The van der Waals surface area contributed by atoms with E-state index in [4.69, 9.17) is 0 Å². The first kappa shape index (κ1) is 19.1. The number of hydrogen-bond donors (Lipinski definition) is 0. The molecule has 0 saturated carbocycles. The Morgan fingerprint density at radius 2 is 1.53 bits per heavy atom. The third-order valence-electron chi connectivity index (χ3n) is 6.51. The van der Waals surface area contributed by atoms with Gasteiger partial charge in [0.05, 0.1) is 11.7 Å². The second kappa shape index (κ2) is 7.44. The Morgan fingerprint density at radius 1 is 0.833 bits per heavy atom. The van der Waals surface area contributed by atoms with Crippen molar-refractivity contribution in [2.45, 2.75) is 44.9 Å². The summed E-state index contributed by atoms with van der Waals surface area (Å²) in [6, 6.07) is 19.6. The lowest BCUT2D eigenvalue weighted by Crippen LogP contribution is -2.25. The number of aromatic nitrogens is 2. The van der Waals surface area contributed by atoms with Crippen molar-refractivity contribution in [1.82, 2.24) is 8.75 Å². The molecule has 1 aliphatic rings. The minimum Gasteiger partial charge on any atom is -0.298 e. The van der Waals surface area contributed by atoms with Gasteiger partial charge in [0.25, 0.3) is 0 Å². The highest BCUT2D eigenvalue weighted by Crippen LogP contribution is 2.54. The molecule has 1 aromatic heterocycles. The predicted octanol–water partition coefficient (Wildman–Crippen LogP) is 7.04. The Labute approximate surface area is 181 Å². The molecule has 30 heavy (non-hydrogen) atoms. The first-order valence-corrected chi connectivity index (χ1v) is 11.4. The Bertz CT molecular complexity index is 1250. The molecule has 4 heteroatoms. The smallest absolute Gasteiger partial charge is 0.152 e. The molecule has 4 aromatic rings. The summed E-state index contributed by atoms with van der Waals surface area (Å²) in [5.41, 5.74) is 10.00. The molecule has 0 bridgehead atoms. The molecule has 0 spiro atoms. The second-order valence-corrected chi connectivity index (χ2v) is 8.70. The van der Waals surface area contributed by atoms with Gasteiger partial charge in [-0.25, -0.2) is 0 Å². The summed E-state index contributed by atoms with van der Waals surface area (Å²) in [6.07, 6.45) is 5.44. The average molecular weight is 413 g/mol. The first-order valence-electron chi connectivity index (χ1n) is 10.7. The summed E-state index contributed by atoms with van der Waals surface area (Å²) in [7, 11) is 0. The number of aldehydes is 1. The van der Waals surface area contributed by atoms with E-state index in [-0.39, 0.29) is 5.41 Å². The molecule has 0 amide bonds. The van der Waals surface area contributed by atoms with Gasteiger partial charge < -0.3 is 0 Å². The average Bonchev–Trinajstić information content (AvgIpc) is 3.37. The van der Waals surface area contributed by atoms with Crippen molar-refractivity contribution in [2.75, 3.05) is 0 Å². The van der Waals surface area contributed by atoms with Gasteiger partial charge in [-0.2, -0.15) is 8.75 Å². The van der Waals surface area contributed by atoms with Crippen LogP contribution in [-0.4, -0.2) is 15.0 Å². The topological polar surface area (TPSA) is 42.9 Å². The van der Waals surface area contributed by atoms with Gasteiger partial charge >= 0.3 is 0 Å². The Morgan fingerprint density at radius 3 is 2.30 bits per heavy atom. The molecule has 5 rings (SSSR count). The third-order valence-corrected chi connectivity index (χ3v) is 7.03. The van der Waals surface area contributed by atoms with E-state index in [2.05, 4.69) is 65.1 Å². The Kier molecular flexibility index (Phi) is 4.75. The fourth-order valence-electron chi connectivity index (χ4n) is 5.35. The molecule has 0 saturated heterocycles. The monoisotopic (exact) mass is 412 g/mol. The van der Waals surface area contributed by atoms with E-state index in [1.165, 1.54) is 22.3 Å². The van der Waals surface area contributed by atoms with Gasteiger partial charge in [0.1, 0.15) is 11.0 Å². The lowest BCUT2D eigenvalue weighted by Gasteiger charge is -2.32. The highest BCUT2D eigenvalue weighted by Gasteiger charge is 2.41. The zero-order valence-electron chi connectivity index (χ0n) is 17.3. The predicted molar refractivity (Wildman–Crippen MR) is 124 cm³/mol. The molecule has 0 atom stereocenters. The van der Waals surface area contributed by atoms with E-state index in [0.717, 1.165) is 60.3 Å². The van der Waals surface area contributed by atoms with Gasteiger partial charge in [-0.15, -0.1) is 0 Å². The molecular formula is C26H24N2OS. The largest absolute Gasteiger partial charge is 0.298 e. The lowest BCUT2D eigenvalue weighted by atomic mass is 9.71. The zero-order chi connectivity index (χ0) is 20.7. The third kappa shape index (κ3) is 2.67. The number of nitrogens with zero attached hydrogens (tertiary/aromatic N) is 2. The standard InChI is InChI=1S/C26H24N2OS/c1-3-13-26(14-4-2)22-8-6-5-7-20(22)21-12-9-17(15-23(21)26)19-11-10-18(16-29)24-25(19)28-30-27-24/h5-12,15-16H,3-4,13-14H2,1-2H3. The van der Waals surface area contributed by atoms with E-state index in [9.17, 15) is 4.79 Å².